The van der Waals surface area contributed by atoms with Crippen molar-refractivity contribution in [3.63, 3.8) is 0 Å². The van der Waals surface area contributed by atoms with Crippen molar-refractivity contribution in [2.75, 3.05) is 23.3 Å². The van der Waals surface area contributed by atoms with Gasteiger partial charge in [0.1, 0.15) is 11.6 Å². The number of nitrogens with one attached hydrogen (secondary N) is 2. The lowest BCUT2D eigenvalue weighted by molar-refractivity contribution is -0.116. The third kappa shape index (κ3) is 3.14. The van der Waals surface area contributed by atoms with Gasteiger partial charge in [-0.2, -0.15) is 4.98 Å². The summed E-state index contributed by atoms with van der Waals surface area (Å²) in [6.07, 6.45) is 5.33. The molecule has 1 atom stereocenters. The van der Waals surface area contributed by atoms with Gasteiger partial charge in [0.2, 0.25) is 5.95 Å². The number of hydrogen-bond donors (Lipinski definition) is 2. The third-order valence-electron chi connectivity index (χ3n) is 6.10. The van der Waals surface area contributed by atoms with E-state index in [0.717, 1.165) is 50.0 Å². The summed E-state index contributed by atoms with van der Waals surface area (Å²) in [4.78, 5) is 35.8. The Hall–Kier alpha value is -2.96. The van der Waals surface area contributed by atoms with Crippen LogP contribution in [0.1, 0.15) is 55.6 Å². The molecular formula is C22H23FN4O2. The maximum Gasteiger partial charge on any atom is 0.258 e. The molecule has 2 aromatic rings. The van der Waals surface area contributed by atoms with E-state index in [9.17, 15) is 14.0 Å². The Morgan fingerprint density at radius 3 is 2.52 bits per heavy atom. The second kappa shape index (κ2) is 7.13. The van der Waals surface area contributed by atoms with Crippen molar-refractivity contribution in [2.45, 2.75) is 44.4 Å². The van der Waals surface area contributed by atoms with Crippen molar-refractivity contribution >= 4 is 17.5 Å². The average molecular weight is 394 g/mol. The van der Waals surface area contributed by atoms with E-state index < -0.39 is 5.92 Å². The minimum absolute atomic E-state index is 0.0400. The first-order valence-corrected chi connectivity index (χ1v) is 10.3. The van der Waals surface area contributed by atoms with Crippen LogP contribution in [0.15, 0.2) is 40.3 Å². The van der Waals surface area contributed by atoms with E-state index in [0.29, 0.717) is 29.3 Å². The highest BCUT2D eigenvalue weighted by Gasteiger charge is 2.38. The molecule has 3 heterocycles. The van der Waals surface area contributed by atoms with E-state index in [1.165, 1.54) is 18.6 Å². The number of hydrogen-bond acceptors (Lipinski definition) is 5. The fourth-order valence-corrected chi connectivity index (χ4v) is 4.69. The van der Waals surface area contributed by atoms with Crippen LogP contribution in [0, 0.1) is 5.82 Å². The molecule has 0 bridgehead atoms. The average Bonchev–Trinajstić information content (AvgIpc) is 2.74. The number of nitrogens with zero attached hydrogens (tertiary/aromatic N) is 2. The first-order chi connectivity index (χ1) is 14.1. The summed E-state index contributed by atoms with van der Waals surface area (Å²) in [6, 6.07) is 6.04. The number of halogens is 1. The maximum atomic E-state index is 13.5. The largest absolute Gasteiger partial charge is 0.343 e. The number of allylic oxidation sites excluding steroid dienone is 2. The summed E-state index contributed by atoms with van der Waals surface area (Å²) >= 11 is 0. The van der Waals surface area contributed by atoms with Gasteiger partial charge in [-0.15, -0.1) is 0 Å². The zero-order chi connectivity index (χ0) is 20.0. The predicted octanol–water partition coefficient (Wildman–Crippen LogP) is 3.46. The van der Waals surface area contributed by atoms with Gasteiger partial charge < -0.3 is 10.2 Å². The molecule has 1 aliphatic carbocycles. The smallest absolute Gasteiger partial charge is 0.258 e. The number of carbonyl (C=O) groups excluding carboxylic acids is 1. The summed E-state index contributed by atoms with van der Waals surface area (Å²) in [7, 11) is 0. The molecule has 1 saturated heterocycles. The van der Waals surface area contributed by atoms with Gasteiger partial charge >= 0.3 is 0 Å². The number of carbonyl (C=O) groups is 1. The van der Waals surface area contributed by atoms with Crippen molar-refractivity contribution in [2.24, 2.45) is 0 Å². The Morgan fingerprint density at radius 1 is 1.00 bits per heavy atom. The Kier molecular flexibility index (Phi) is 4.45. The summed E-state index contributed by atoms with van der Waals surface area (Å²) in [6.45, 7) is 1.74. The molecule has 2 aliphatic heterocycles. The van der Waals surface area contributed by atoms with Gasteiger partial charge in [0.15, 0.2) is 5.78 Å². The molecule has 0 radical (unpaired) electrons. The zero-order valence-corrected chi connectivity index (χ0v) is 16.1. The molecule has 1 aromatic carbocycles. The number of ketones is 1. The third-order valence-corrected chi connectivity index (χ3v) is 6.10. The van der Waals surface area contributed by atoms with Crippen molar-refractivity contribution in [3.8, 4) is 0 Å². The molecule has 6 nitrogen and oxygen atoms in total. The highest BCUT2D eigenvalue weighted by Crippen LogP contribution is 2.43. The van der Waals surface area contributed by atoms with Gasteiger partial charge in [-0.05, 0) is 49.8 Å². The number of aromatic nitrogens is 2. The highest BCUT2D eigenvalue weighted by molar-refractivity contribution is 6.00. The quantitative estimate of drug-likeness (QED) is 0.816. The van der Waals surface area contributed by atoms with Crippen molar-refractivity contribution in [3.05, 3.63) is 62.8 Å². The first kappa shape index (κ1) is 18.1. The van der Waals surface area contributed by atoms with Crippen molar-refractivity contribution < 1.29 is 9.18 Å². The molecular weight excluding hydrogens is 371 g/mol. The molecule has 150 valence electrons. The van der Waals surface area contributed by atoms with Crippen LogP contribution in [0.2, 0.25) is 0 Å². The monoisotopic (exact) mass is 394 g/mol. The maximum absolute atomic E-state index is 13.5. The van der Waals surface area contributed by atoms with Crippen LogP contribution in [-0.2, 0) is 4.79 Å². The fraction of sp³-hybridized carbons (Fsp3) is 0.409. The molecule has 1 unspecified atom stereocenters. The highest BCUT2D eigenvalue weighted by atomic mass is 19.1. The lowest BCUT2D eigenvalue weighted by Gasteiger charge is -2.34. The molecule has 3 aliphatic rings. The van der Waals surface area contributed by atoms with E-state index in [4.69, 9.17) is 4.98 Å². The van der Waals surface area contributed by atoms with Crippen LogP contribution in [0.3, 0.4) is 0 Å². The van der Waals surface area contributed by atoms with Gasteiger partial charge in [0, 0.05) is 36.7 Å². The van der Waals surface area contributed by atoms with Crippen LogP contribution >= 0.6 is 0 Å². The minimum Gasteiger partial charge on any atom is -0.343 e. The molecule has 2 N–H and O–H groups in total. The van der Waals surface area contributed by atoms with E-state index in [2.05, 4.69) is 15.2 Å². The summed E-state index contributed by atoms with van der Waals surface area (Å²) in [5, 5.41) is 3.29. The number of H-pyrrole nitrogens is 1. The SMILES string of the molecule is O=C1CCCC2=C1C(c1ccc(F)cc1)c1c(nc(N3CCCCC3)[nH]c1=O)N2. The van der Waals surface area contributed by atoms with Crippen molar-refractivity contribution in [1.82, 2.24) is 9.97 Å². The van der Waals surface area contributed by atoms with Crippen LogP contribution < -0.4 is 15.8 Å². The topological polar surface area (TPSA) is 78.1 Å². The minimum atomic E-state index is -0.527. The standard InChI is InChI=1S/C22H23FN4O2/c23-14-9-7-13(8-10-14)17-18-15(5-4-6-16(18)28)24-20-19(17)21(29)26-22(25-20)27-11-2-1-3-12-27/h7-10,17H,1-6,11-12H2,(H2,24,25,26,29). The summed E-state index contributed by atoms with van der Waals surface area (Å²) in [5.41, 5.74) is 2.38. The first-order valence-electron chi connectivity index (χ1n) is 10.3. The number of piperidine rings is 1. The lowest BCUT2D eigenvalue weighted by atomic mass is 9.76. The Bertz CT molecular complexity index is 1050. The van der Waals surface area contributed by atoms with E-state index in [1.807, 2.05) is 0 Å². The molecule has 1 aromatic heterocycles. The van der Waals surface area contributed by atoms with Gasteiger partial charge in [-0.1, -0.05) is 12.1 Å². The molecule has 0 amide bonds. The second-order valence-corrected chi connectivity index (χ2v) is 7.98. The van der Waals surface area contributed by atoms with Crippen LogP contribution in [0.25, 0.3) is 0 Å². The predicted molar refractivity (Wildman–Crippen MR) is 109 cm³/mol. The number of fused-ring (bicyclic) bond motifs is 1. The number of Topliss-reactive ketones (excluding diaryl/α,β-unsaturated/α-hetero) is 1. The van der Waals surface area contributed by atoms with Gasteiger partial charge in [0.05, 0.1) is 5.56 Å². The Labute approximate surface area is 167 Å². The molecule has 0 spiro atoms. The number of benzene rings is 1. The van der Waals surface area contributed by atoms with Crippen LogP contribution in [0.4, 0.5) is 16.2 Å². The van der Waals surface area contributed by atoms with Gasteiger partial charge in [-0.25, -0.2) is 4.39 Å². The lowest BCUT2D eigenvalue weighted by Crippen LogP contribution is -2.36. The molecule has 0 saturated carbocycles. The Balaban J connectivity index is 1.67. The molecule has 7 heteroatoms. The van der Waals surface area contributed by atoms with Gasteiger partial charge in [-0.3, -0.25) is 14.6 Å². The van der Waals surface area contributed by atoms with Crippen LogP contribution in [-0.4, -0.2) is 28.8 Å². The molecule has 1 fully saturated rings. The number of anilines is 2. The van der Waals surface area contributed by atoms with E-state index in [1.54, 1.807) is 12.1 Å². The second-order valence-electron chi connectivity index (χ2n) is 7.98. The normalized spacial score (nSPS) is 21.5. The molecule has 29 heavy (non-hydrogen) atoms. The van der Waals surface area contributed by atoms with E-state index in [-0.39, 0.29) is 17.2 Å². The fourth-order valence-electron chi connectivity index (χ4n) is 4.69. The number of aromatic amines is 1. The van der Waals surface area contributed by atoms with Crippen molar-refractivity contribution in [1.29, 1.82) is 0 Å². The zero-order valence-electron chi connectivity index (χ0n) is 16.1. The van der Waals surface area contributed by atoms with Gasteiger partial charge in [0.25, 0.3) is 5.56 Å². The molecule has 5 rings (SSSR count). The Morgan fingerprint density at radius 2 is 1.76 bits per heavy atom. The van der Waals surface area contributed by atoms with Crippen LogP contribution in [0.5, 0.6) is 0 Å². The number of rotatable bonds is 2. The van der Waals surface area contributed by atoms with E-state index >= 15 is 0 Å². The summed E-state index contributed by atoms with van der Waals surface area (Å²) < 4.78 is 13.5. The summed E-state index contributed by atoms with van der Waals surface area (Å²) in [5.74, 6) is 0.251.